The maximum atomic E-state index is 11.2. The third-order valence-corrected chi connectivity index (χ3v) is 4.72. The smallest absolute Gasteiger partial charge is 0.248 e. The molecule has 0 saturated heterocycles. The van der Waals surface area contributed by atoms with Crippen LogP contribution in [-0.2, 0) is 0 Å². The highest BCUT2D eigenvalue weighted by Gasteiger charge is 2.16. The largest absolute Gasteiger partial charge is 0.504 e. The van der Waals surface area contributed by atoms with Gasteiger partial charge in [-0.2, -0.15) is 0 Å². The van der Waals surface area contributed by atoms with Crippen molar-refractivity contribution in [2.45, 2.75) is 13.0 Å². The van der Waals surface area contributed by atoms with Crippen LogP contribution < -0.4 is 15.4 Å². The number of methoxy groups -OCH3 is 1. The van der Waals surface area contributed by atoms with Gasteiger partial charge >= 0.3 is 0 Å². The number of aromatic hydroxyl groups is 1. The number of carbonyl (C=O) groups is 1. The Hall–Kier alpha value is -3.61. The molecule has 7 heteroatoms. The Morgan fingerprint density at radius 3 is 2.54 bits per heavy atom. The molecule has 0 radical (unpaired) electrons. The van der Waals surface area contributed by atoms with Crippen molar-refractivity contribution in [3.8, 4) is 22.8 Å². The molecule has 7 nitrogen and oxygen atoms in total. The predicted octanol–water partition coefficient (Wildman–Crippen LogP) is 3.15. The van der Waals surface area contributed by atoms with Gasteiger partial charge in [-0.25, -0.2) is 4.98 Å². The van der Waals surface area contributed by atoms with Gasteiger partial charge in [-0.1, -0.05) is 12.1 Å². The molecule has 1 atom stereocenters. The van der Waals surface area contributed by atoms with Gasteiger partial charge in [-0.3, -0.25) is 9.78 Å². The quantitative estimate of drug-likeness (QED) is 0.683. The maximum absolute atomic E-state index is 11.2. The standard InChI is InChI=1S/C21H22N4O3/c1-13(14-4-6-15(7-5-14)21(22)27)25(2)20-12-23-11-17(24-20)16-8-9-18(26)19(10-16)28-3/h4-13,26H,1-3H3,(H2,22,27)/t13-/m1/s1. The first kappa shape index (κ1) is 19.2. The number of ether oxygens (including phenoxy) is 1. The first-order valence-electron chi connectivity index (χ1n) is 8.72. The molecular formula is C21H22N4O3. The number of hydrogen-bond acceptors (Lipinski definition) is 6. The summed E-state index contributed by atoms with van der Waals surface area (Å²) in [4.78, 5) is 22.2. The average molecular weight is 378 g/mol. The van der Waals surface area contributed by atoms with Crippen molar-refractivity contribution in [1.82, 2.24) is 9.97 Å². The summed E-state index contributed by atoms with van der Waals surface area (Å²) in [7, 11) is 3.43. The minimum atomic E-state index is -0.449. The Morgan fingerprint density at radius 2 is 1.89 bits per heavy atom. The molecule has 0 fully saturated rings. The first-order chi connectivity index (χ1) is 13.4. The first-order valence-corrected chi connectivity index (χ1v) is 8.72. The van der Waals surface area contributed by atoms with Gasteiger partial charge < -0.3 is 20.5 Å². The number of benzene rings is 2. The van der Waals surface area contributed by atoms with Crippen LogP contribution in [0.4, 0.5) is 5.82 Å². The monoisotopic (exact) mass is 378 g/mol. The van der Waals surface area contributed by atoms with E-state index < -0.39 is 5.91 Å². The van der Waals surface area contributed by atoms with E-state index in [1.54, 1.807) is 42.7 Å². The van der Waals surface area contributed by atoms with Gasteiger partial charge in [0.2, 0.25) is 5.91 Å². The lowest BCUT2D eigenvalue weighted by Crippen LogP contribution is -2.23. The number of anilines is 1. The number of carbonyl (C=O) groups excluding carboxylic acids is 1. The lowest BCUT2D eigenvalue weighted by Gasteiger charge is -2.26. The zero-order valence-corrected chi connectivity index (χ0v) is 16.0. The third-order valence-electron chi connectivity index (χ3n) is 4.72. The number of nitrogens with two attached hydrogens (primary N) is 1. The Balaban J connectivity index is 1.87. The highest BCUT2D eigenvalue weighted by Crippen LogP contribution is 2.31. The highest BCUT2D eigenvalue weighted by atomic mass is 16.5. The van der Waals surface area contributed by atoms with Crippen molar-refractivity contribution in [3.05, 3.63) is 66.0 Å². The molecule has 3 aromatic rings. The average Bonchev–Trinajstić information content (AvgIpc) is 2.73. The number of phenolic OH excluding ortho intramolecular Hbond substituents is 1. The molecular weight excluding hydrogens is 356 g/mol. The van der Waals surface area contributed by atoms with Crippen molar-refractivity contribution >= 4 is 11.7 Å². The van der Waals surface area contributed by atoms with Crippen molar-refractivity contribution in [2.24, 2.45) is 5.73 Å². The molecule has 0 aliphatic carbocycles. The molecule has 0 aliphatic rings. The van der Waals surface area contributed by atoms with Crippen LogP contribution in [0.15, 0.2) is 54.9 Å². The molecule has 0 saturated carbocycles. The summed E-state index contributed by atoms with van der Waals surface area (Å²) in [5.74, 6) is 0.688. The summed E-state index contributed by atoms with van der Waals surface area (Å²) in [5.41, 5.74) is 8.25. The number of rotatable bonds is 6. The maximum Gasteiger partial charge on any atom is 0.248 e. The predicted molar refractivity (Wildman–Crippen MR) is 107 cm³/mol. The number of nitrogens with zero attached hydrogens (tertiary/aromatic N) is 3. The SMILES string of the molecule is COc1cc(-c2cncc(N(C)[C@H](C)c3ccc(C(N)=O)cc3)n2)ccc1O. The highest BCUT2D eigenvalue weighted by molar-refractivity contribution is 5.92. The van der Waals surface area contributed by atoms with E-state index in [-0.39, 0.29) is 11.8 Å². The minimum Gasteiger partial charge on any atom is -0.504 e. The summed E-state index contributed by atoms with van der Waals surface area (Å²) >= 11 is 0. The van der Waals surface area contributed by atoms with Crippen LogP contribution in [0.25, 0.3) is 11.3 Å². The Labute approximate surface area is 163 Å². The topological polar surface area (TPSA) is 102 Å². The van der Waals surface area contributed by atoms with Gasteiger partial charge in [0, 0.05) is 18.2 Å². The van der Waals surface area contributed by atoms with Gasteiger partial charge in [0.1, 0.15) is 5.82 Å². The van der Waals surface area contributed by atoms with E-state index in [1.807, 2.05) is 31.0 Å². The number of phenols is 1. The van der Waals surface area contributed by atoms with E-state index in [9.17, 15) is 9.90 Å². The molecule has 0 bridgehead atoms. The summed E-state index contributed by atoms with van der Waals surface area (Å²) in [6.45, 7) is 2.04. The molecule has 1 aromatic heterocycles. The van der Waals surface area contributed by atoms with E-state index in [2.05, 4.69) is 4.98 Å². The number of primary amides is 1. The molecule has 3 N–H and O–H groups in total. The van der Waals surface area contributed by atoms with Crippen LogP contribution in [0.3, 0.4) is 0 Å². The van der Waals surface area contributed by atoms with Gasteiger partial charge in [0.05, 0.1) is 31.2 Å². The fourth-order valence-corrected chi connectivity index (χ4v) is 2.85. The fourth-order valence-electron chi connectivity index (χ4n) is 2.85. The molecule has 1 amide bonds. The zero-order chi connectivity index (χ0) is 20.3. The van der Waals surface area contributed by atoms with Crippen LogP contribution >= 0.6 is 0 Å². The Kier molecular flexibility index (Phi) is 5.44. The van der Waals surface area contributed by atoms with Crippen LogP contribution in [0.5, 0.6) is 11.5 Å². The van der Waals surface area contributed by atoms with E-state index >= 15 is 0 Å². The van der Waals surface area contributed by atoms with Crippen molar-refractivity contribution in [2.75, 3.05) is 19.1 Å². The molecule has 144 valence electrons. The van der Waals surface area contributed by atoms with Gasteiger partial charge in [-0.15, -0.1) is 0 Å². The normalized spacial score (nSPS) is 11.7. The molecule has 3 rings (SSSR count). The second kappa shape index (κ2) is 7.96. The lowest BCUT2D eigenvalue weighted by molar-refractivity contribution is 0.100. The van der Waals surface area contributed by atoms with Crippen LogP contribution in [0.2, 0.25) is 0 Å². The second-order valence-corrected chi connectivity index (χ2v) is 6.42. The van der Waals surface area contributed by atoms with Crippen molar-refractivity contribution in [1.29, 1.82) is 0 Å². The van der Waals surface area contributed by atoms with E-state index in [1.165, 1.54) is 7.11 Å². The van der Waals surface area contributed by atoms with Crippen LogP contribution in [-0.4, -0.2) is 35.1 Å². The minimum absolute atomic E-state index is 0.000769. The van der Waals surface area contributed by atoms with Crippen LogP contribution in [0.1, 0.15) is 28.9 Å². The lowest BCUT2D eigenvalue weighted by atomic mass is 10.0. The van der Waals surface area contributed by atoms with Crippen LogP contribution in [0, 0.1) is 0 Å². The molecule has 2 aromatic carbocycles. The number of aromatic nitrogens is 2. The van der Waals surface area contributed by atoms with E-state index in [0.717, 1.165) is 11.1 Å². The zero-order valence-electron chi connectivity index (χ0n) is 16.0. The summed E-state index contributed by atoms with van der Waals surface area (Å²) in [6, 6.07) is 12.2. The molecule has 0 aliphatic heterocycles. The summed E-state index contributed by atoms with van der Waals surface area (Å²) < 4.78 is 5.17. The van der Waals surface area contributed by atoms with Gasteiger partial charge in [0.25, 0.3) is 0 Å². The number of hydrogen-bond donors (Lipinski definition) is 2. The Bertz CT molecular complexity index is 989. The van der Waals surface area contributed by atoms with E-state index in [0.29, 0.717) is 22.8 Å². The van der Waals surface area contributed by atoms with Gasteiger partial charge in [0.15, 0.2) is 11.5 Å². The summed E-state index contributed by atoms with van der Waals surface area (Å²) in [6.07, 6.45) is 3.35. The summed E-state index contributed by atoms with van der Waals surface area (Å²) in [5, 5.41) is 9.78. The van der Waals surface area contributed by atoms with Crippen molar-refractivity contribution < 1.29 is 14.6 Å². The number of amides is 1. The van der Waals surface area contributed by atoms with Crippen molar-refractivity contribution in [3.63, 3.8) is 0 Å². The van der Waals surface area contributed by atoms with E-state index in [4.69, 9.17) is 15.5 Å². The molecule has 0 spiro atoms. The third kappa shape index (κ3) is 3.88. The second-order valence-electron chi connectivity index (χ2n) is 6.42. The fraction of sp³-hybridized carbons (Fsp3) is 0.190. The molecule has 28 heavy (non-hydrogen) atoms. The Morgan fingerprint density at radius 1 is 1.18 bits per heavy atom. The van der Waals surface area contributed by atoms with Gasteiger partial charge in [-0.05, 0) is 42.8 Å². The molecule has 0 unspecified atom stereocenters. The molecule has 1 heterocycles.